The van der Waals surface area contributed by atoms with Crippen molar-refractivity contribution in [2.45, 2.75) is 22.9 Å². The lowest BCUT2D eigenvalue weighted by atomic mass is 10.1. The molecule has 35 heavy (non-hydrogen) atoms. The van der Waals surface area contributed by atoms with Crippen LogP contribution in [0.4, 0.5) is 0 Å². The van der Waals surface area contributed by atoms with Crippen LogP contribution in [0.5, 0.6) is 0 Å². The van der Waals surface area contributed by atoms with Crippen molar-refractivity contribution in [2.24, 2.45) is 0 Å². The van der Waals surface area contributed by atoms with E-state index in [0.29, 0.717) is 22.3 Å². The van der Waals surface area contributed by atoms with Crippen molar-refractivity contribution in [3.8, 4) is 0 Å². The third kappa shape index (κ3) is 4.64. The Morgan fingerprint density at radius 1 is 0.657 bits per heavy atom. The van der Waals surface area contributed by atoms with E-state index in [4.69, 9.17) is 13.3 Å². The number of nitrogens with one attached hydrogen (secondary N) is 2. The summed E-state index contributed by atoms with van der Waals surface area (Å²) < 4.78 is 71.1. The zero-order valence-electron chi connectivity index (χ0n) is 17.9. The van der Waals surface area contributed by atoms with Gasteiger partial charge in [-0.25, -0.2) is 31.1 Å². The highest BCUT2D eigenvalue weighted by Crippen LogP contribution is 2.27. The molecule has 5 aromatic rings. The van der Waals surface area contributed by atoms with Gasteiger partial charge in [0.15, 0.2) is 0 Å². The van der Waals surface area contributed by atoms with E-state index in [1.165, 1.54) is 48.9 Å². The fourth-order valence-electron chi connectivity index (χ4n) is 3.55. The topological polar surface area (TPSA) is 149 Å². The zero-order valence-corrected chi connectivity index (χ0v) is 19.6. The summed E-state index contributed by atoms with van der Waals surface area (Å²) in [5.41, 5.74) is -0.747. The van der Waals surface area contributed by atoms with Gasteiger partial charge < -0.3 is 13.3 Å². The van der Waals surface area contributed by atoms with E-state index in [1.54, 1.807) is 24.3 Å². The van der Waals surface area contributed by atoms with E-state index in [-0.39, 0.29) is 33.8 Å². The summed E-state index contributed by atoms with van der Waals surface area (Å²) in [5, 5.41) is 0.927. The van der Waals surface area contributed by atoms with Gasteiger partial charge >= 0.3 is 5.63 Å². The van der Waals surface area contributed by atoms with E-state index in [2.05, 4.69) is 9.44 Å². The Morgan fingerprint density at radius 3 is 1.74 bits per heavy atom. The van der Waals surface area contributed by atoms with Crippen LogP contribution in [0.3, 0.4) is 0 Å². The Hall–Kier alpha value is -3.71. The SMILES string of the molecule is O=c1oc2cc(S(=O)(=O)NCc3ccco3)ccc2c2ccc(S(=O)(=O)NCc3ccco3)cc12. The van der Waals surface area contributed by atoms with Crippen LogP contribution >= 0.6 is 0 Å². The largest absolute Gasteiger partial charge is 0.468 e. The Bertz CT molecular complexity index is 1790. The molecule has 0 aliphatic heterocycles. The second-order valence-corrected chi connectivity index (χ2v) is 11.1. The number of hydrogen-bond acceptors (Lipinski definition) is 8. The van der Waals surface area contributed by atoms with E-state index < -0.39 is 25.7 Å². The molecule has 0 bridgehead atoms. The highest BCUT2D eigenvalue weighted by atomic mass is 32.2. The van der Waals surface area contributed by atoms with Gasteiger partial charge in [-0.2, -0.15) is 0 Å². The molecular weight excluding hydrogens is 496 g/mol. The average Bonchev–Trinajstić information content (AvgIpc) is 3.55. The molecule has 2 N–H and O–H groups in total. The molecule has 12 heteroatoms. The van der Waals surface area contributed by atoms with Crippen molar-refractivity contribution in [3.05, 3.63) is 95.1 Å². The molecular formula is C23H18N2O8S2. The molecule has 0 amide bonds. The number of hydrogen-bond donors (Lipinski definition) is 2. The van der Waals surface area contributed by atoms with Gasteiger partial charge in [0.1, 0.15) is 17.1 Å². The van der Waals surface area contributed by atoms with Gasteiger partial charge in [-0.15, -0.1) is 0 Å². The predicted molar refractivity (Wildman–Crippen MR) is 125 cm³/mol. The van der Waals surface area contributed by atoms with Crippen LogP contribution in [0, 0.1) is 0 Å². The van der Waals surface area contributed by atoms with Crippen molar-refractivity contribution >= 4 is 41.8 Å². The summed E-state index contributed by atoms with van der Waals surface area (Å²) in [5.74, 6) is 0.876. The highest BCUT2D eigenvalue weighted by Gasteiger charge is 2.20. The minimum Gasteiger partial charge on any atom is -0.468 e. The lowest BCUT2D eigenvalue weighted by molar-refractivity contribution is 0.498. The van der Waals surface area contributed by atoms with E-state index in [1.807, 2.05) is 0 Å². The lowest BCUT2D eigenvalue weighted by Gasteiger charge is -2.09. The second kappa shape index (κ2) is 8.82. The number of benzene rings is 2. The van der Waals surface area contributed by atoms with Crippen molar-refractivity contribution in [3.63, 3.8) is 0 Å². The van der Waals surface area contributed by atoms with Gasteiger partial charge in [-0.1, -0.05) is 6.07 Å². The molecule has 0 radical (unpaired) electrons. The number of fused-ring (bicyclic) bond motifs is 3. The third-order valence-electron chi connectivity index (χ3n) is 5.31. The highest BCUT2D eigenvalue weighted by molar-refractivity contribution is 7.89. The van der Waals surface area contributed by atoms with Gasteiger partial charge in [-0.3, -0.25) is 0 Å². The van der Waals surface area contributed by atoms with E-state index in [0.717, 1.165) is 0 Å². The van der Waals surface area contributed by atoms with Gasteiger partial charge in [0, 0.05) is 16.8 Å². The maximum atomic E-state index is 12.7. The van der Waals surface area contributed by atoms with Gasteiger partial charge in [0.25, 0.3) is 0 Å². The molecule has 3 aromatic heterocycles. The molecule has 3 heterocycles. The molecule has 10 nitrogen and oxygen atoms in total. The molecule has 0 fully saturated rings. The summed E-state index contributed by atoms with van der Waals surface area (Å²) in [7, 11) is -7.85. The fourth-order valence-corrected chi connectivity index (χ4v) is 5.58. The average molecular weight is 515 g/mol. The normalized spacial score (nSPS) is 12.5. The van der Waals surface area contributed by atoms with Crippen LogP contribution in [0.15, 0.2) is 101 Å². The van der Waals surface area contributed by atoms with Gasteiger partial charge in [-0.05, 0) is 48.5 Å². The van der Waals surface area contributed by atoms with Crippen LogP contribution < -0.4 is 15.1 Å². The van der Waals surface area contributed by atoms with Crippen molar-refractivity contribution in [2.75, 3.05) is 0 Å². The first kappa shape index (κ1) is 23.1. The Morgan fingerprint density at radius 2 is 1.20 bits per heavy atom. The third-order valence-corrected chi connectivity index (χ3v) is 8.11. The van der Waals surface area contributed by atoms with Crippen LogP contribution in [-0.2, 0) is 33.1 Å². The summed E-state index contributed by atoms with van der Waals surface area (Å²) in [6.45, 7) is -0.0921. The molecule has 180 valence electrons. The predicted octanol–water partition coefficient (Wildman–Crippen LogP) is 3.09. The Kier molecular flexibility index (Phi) is 5.81. The summed E-state index contributed by atoms with van der Waals surface area (Å²) in [4.78, 5) is 12.5. The molecule has 0 aliphatic carbocycles. The van der Waals surface area contributed by atoms with Gasteiger partial charge in [0.05, 0.1) is 40.8 Å². The second-order valence-electron chi connectivity index (χ2n) is 7.56. The first-order chi connectivity index (χ1) is 16.7. The first-order valence-corrected chi connectivity index (χ1v) is 13.2. The minimum atomic E-state index is -3.93. The quantitative estimate of drug-likeness (QED) is 0.237. The van der Waals surface area contributed by atoms with Crippen LogP contribution in [0.1, 0.15) is 11.5 Å². The first-order valence-electron chi connectivity index (χ1n) is 10.3. The number of sulfonamides is 2. The summed E-state index contributed by atoms with van der Waals surface area (Å²) in [6.07, 6.45) is 2.87. The summed E-state index contributed by atoms with van der Waals surface area (Å²) >= 11 is 0. The smallest absolute Gasteiger partial charge is 0.344 e. The molecule has 0 spiro atoms. The summed E-state index contributed by atoms with van der Waals surface area (Å²) in [6, 6.07) is 14.7. The fraction of sp³-hybridized carbons (Fsp3) is 0.0870. The maximum Gasteiger partial charge on any atom is 0.344 e. The van der Waals surface area contributed by atoms with Crippen LogP contribution in [-0.4, -0.2) is 16.8 Å². The minimum absolute atomic E-state index is 0.0414. The number of furan rings is 2. The molecule has 5 rings (SSSR count). The maximum absolute atomic E-state index is 12.7. The molecule has 2 aromatic carbocycles. The number of rotatable bonds is 8. The van der Waals surface area contributed by atoms with E-state index in [9.17, 15) is 21.6 Å². The van der Waals surface area contributed by atoms with Crippen LogP contribution in [0.25, 0.3) is 21.7 Å². The molecule has 0 atom stereocenters. The van der Waals surface area contributed by atoms with Crippen molar-refractivity contribution in [1.82, 2.24) is 9.44 Å². The van der Waals surface area contributed by atoms with Crippen molar-refractivity contribution in [1.29, 1.82) is 0 Å². The van der Waals surface area contributed by atoms with Crippen LogP contribution in [0.2, 0.25) is 0 Å². The Labute approximate surface area is 199 Å². The monoisotopic (exact) mass is 514 g/mol. The molecule has 0 aliphatic rings. The van der Waals surface area contributed by atoms with E-state index >= 15 is 0 Å². The lowest BCUT2D eigenvalue weighted by Crippen LogP contribution is -2.23. The molecule has 0 unspecified atom stereocenters. The van der Waals surface area contributed by atoms with Crippen molar-refractivity contribution < 1.29 is 30.1 Å². The molecule has 0 saturated heterocycles. The molecule has 0 saturated carbocycles. The zero-order chi connectivity index (χ0) is 24.6. The standard InChI is InChI=1S/C23H18N2O8S2/c26-23-21-11-17(34(27,28)24-13-15-3-1-9-31-15)5-7-19(21)20-8-6-18(12-22(20)33-23)35(29,30)25-14-16-4-2-10-32-16/h1-12,24-25H,13-14H2. The van der Waals surface area contributed by atoms with Gasteiger partial charge in [0.2, 0.25) is 20.0 Å². The Balaban J connectivity index is 1.48.